The van der Waals surface area contributed by atoms with Crippen molar-refractivity contribution in [2.75, 3.05) is 6.61 Å². The fourth-order valence-electron chi connectivity index (χ4n) is 2.62. The second-order valence-electron chi connectivity index (χ2n) is 9.03. The molecule has 0 amide bonds. The van der Waals surface area contributed by atoms with Crippen LogP contribution in [0.5, 0.6) is 0 Å². The zero-order valence-electron chi connectivity index (χ0n) is 19.3. The van der Waals surface area contributed by atoms with E-state index in [1.165, 1.54) is 0 Å². The molecule has 0 saturated heterocycles. The van der Waals surface area contributed by atoms with Gasteiger partial charge >= 0.3 is 11.9 Å². The van der Waals surface area contributed by atoms with Crippen molar-refractivity contribution in [1.29, 1.82) is 0 Å². The standard InChI is InChI=1S/C23H38O6/c1-9-10-11-14-26-23(29-22(6,7)8)13-12-18(27-20(24)16(2)3)19(15-23)28-21(25)17(4)5/h12-13,16-17H,9-11,14-15H2,1-8H3. The molecular weight excluding hydrogens is 372 g/mol. The first-order chi connectivity index (χ1) is 13.4. The van der Waals surface area contributed by atoms with Gasteiger partial charge in [0.25, 0.3) is 0 Å². The van der Waals surface area contributed by atoms with E-state index in [-0.39, 0.29) is 29.8 Å². The number of ether oxygens (including phenoxy) is 4. The molecule has 0 aliphatic heterocycles. The van der Waals surface area contributed by atoms with Crippen LogP contribution in [0, 0.1) is 11.8 Å². The Hall–Kier alpha value is -1.66. The molecule has 0 aromatic rings. The van der Waals surface area contributed by atoms with Crippen LogP contribution in [-0.4, -0.2) is 29.9 Å². The molecule has 1 aliphatic carbocycles. The number of esters is 2. The third kappa shape index (κ3) is 8.70. The first kappa shape index (κ1) is 25.4. The molecule has 166 valence electrons. The average Bonchev–Trinajstić information content (AvgIpc) is 2.59. The van der Waals surface area contributed by atoms with Gasteiger partial charge in [0, 0.05) is 0 Å². The molecular formula is C23H38O6. The Labute approximate surface area is 175 Å². The van der Waals surface area contributed by atoms with Gasteiger partial charge in [-0.05, 0) is 39.3 Å². The molecule has 6 nitrogen and oxygen atoms in total. The van der Waals surface area contributed by atoms with E-state index in [0.29, 0.717) is 6.61 Å². The Kier molecular flexibility index (Phi) is 9.56. The predicted octanol–water partition coefficient (Wildman–Crippen LogP) is 5.27. The molecule has 1 unspecified atom stereocenters. The van der Waals surface area contributed by atoms with Crippen LogP contribution in [0.1, 0.15) is 81.1 Å². The molecule has 0 aromatic heterocycles. The molecule has 1 atom stereocenters. The highest BCUT2D eigenvalue weighted by atomic mass is 16.7. The highest BCUT2D eigenvalue weighted by Gasteiger charge is 2.40. The molecule has 0 heterocycles. The minimum absolute atomic E-state index is 0.145. The predicted molar refractivity (Wildman–Crippen MR) is 112 cm³/mol. The van der Waals surface area contributed by atoms with E-state index in [2.05, 4.69) is 6.92 Å². The first-order valence-electron chi connectivity index (χ1n) is 10.6. The average molecular weight is 411 g/mol. The normalized spacial score (nSPS) is 19.8. The van der Waals surface area contributed by atoms with Crippen LogP contribution in [0.3, 0.4) is 0 Å². The second kappa shape index (κ2) is 10.9. The SMILES string of the molecule is CCCCCOC1(OC(C)(C)C)C=CC(OC(=O)C(C)C)=C(OC(=O)C(C)C)C1. The van der Waals surface area contributed by atoms with Crippen molar-refractivity contribution in [3.63, 3.8) is 0 Å². The van der Waals surface area contributed by atoms with Gasteiger partial charge < -0.3 is 18.9 Å². The highest BCUT2D eigenvalue weighted by molar-refractivity contribution is 5.74. The maximum Gasteiger partial charge on any atom is 0.313 e. The number of hydrogen-bond donors (Lipinski definition) is 0. The lowest BCUT2D eigenvalue weighted by Gasteiger charge is -2.39. The fraction of sp³-hybridized carbons (Fsp3) is 0.739. The molecule has 0 aromatic carbocycles. The maximum atomic E-state index is 12.3. The summed E-state index contributed by atoms with van der Waals surface area (Å²) in [5.74, 6) is -2.03. The molecule has 0 bridgehead atoms. The van der Waals surface area contributed by atoms with E-state index in [0.717, 1.165) is 19.3 Å². The van der Waals surface area contributed by atoms with E-state index in [1.807, 2.05) is 20.8 Å². The van der Waals surface area contributed by atoms with Gasteiger partial charge in [0.15, 0.2) is 17.3 Å². The zero-order chi connectivity index (χ0) is 22.2. The van der Waals surface area contributed by atoms with Gasteiger partial charge in [-0.15, -0.1) is 0 Å². The summed E-state index contributed by atoms with van der Waals surface area (Å²) < 4.78 is 23.5. The van der Waals surface area contributed by atoms with Crippen molar-refractivity contribution < 1.29 is 28.5 Å². The second-order valence-corrected chi connectivity index (χ2v) is 9.03. The lowest BCUT2D eigenvalue weighted by Crippen LogP contribution is -2.43. The third-order valence-corrected chi connectivity index (χ3v) is 4.12. The number of carbonyl (C=O) groups excluding carboxylic acids is 2. The topological polar surface area (TPSA) is 71.1 Å². The van der Waals surface area contributed by atoms with Crippen LogP contribution >= 0.6 is 0 Å². The Bertz CT molecular complexity index is 624. The van der Waals surface area contributed by atoms with Crippen molar-refractivity contribution in [3.8, 4) is 0 Å². The molecule has 6 heteroatoms. The summed E-state index contributed by atoms with van der Waals surface area (Å²) in [4.78, 5) is 24.4. The summed E-state index contributed by atoms with van der Waals surface area (Å²) >= 11 is 0. The summed E-state index contributed by atoms with van der Waals surface area (Å²) in [6.07, 6.45) is 6.54. The van der Waals surface area contributed by atoms with Crippen LogP contribution in [0.15, 0.2) is 23.7 Å². The largest absolute Gasteiger partial charge is 0.427 e. The smallest absolute Gasteiger partial charge is 0.313 e. The number of hydrogen-bond acceptors (Lipinski definition) is 6. The molecule has 1 rings (SSSR count). The number of rotatable bonds is 10. The number of unbranched alkanes of at least 4 members (excludes halogenated alkanes) is 2. The summed E-state index contributed by atoms with van der Waals surface area (Å²) in [6, 6.07) is 0. The quantitative estimate of drug-likeness (QED) is 0.277. The Morgan fingerprint density at radius 2 is 1.62 bits per heavy atom. The van der Waals surface area contributed by atoms with Gasteiger partial charge in [-0.25, -0.2) is 0 Å². The monoisotopic (exact) mass is 410 g/mol. The summed E-state index contributed by atoms with van der Waals surface area (Å²) in [5, 5.41) is 0. The third-order valence-electron chi connectivity index (χ3n) is 4.12. The van der Waals surface area contributed by atoms with E-state index in [1.54, 1.807) is 39.8 Å². The first-order valence-corrected chi connectivity index (χ1v) is 10.6. The van der Waals surface area contributed by atoms with E-state index < -0.39 is 23.3 Å². The van der Waals surface area contributed by atoms with Crippen molar-refractivity contribution in [3.05, 3.63) is 23.7 Å². The summed E-state index contributed by atoms with van der Waals surface area (Å²) in [7, 11) is 0. The fourth-order valence-corrected chi connectivity index (χ4v) is 2.62. The maximum absolute atomic E-state index is 12.3. The molecule has 0 fully saturated rings. The minimum atomic E-state index is -1.09. The van der Waals surface area contributed by atoms with E-state index >= 15 is 0 Å². The molecule has 1 aliphatic rings. The van der Waals surface area contributed by atoms with Crippen LogP contribution in [0.2, 0.25) is 0 Å². The minimum Gasteiger partial charge on any atom is -0.427 e. The lowest BCUT2D eigenvalue weighted by molar-refractivity contribution is -0.253. The van der Waals surface area contributed by atoms with Crippen molar-refractivity contribution in [2.24, 2.45) is 11.8 Å². The summed E-state index contributed by atoms with van der Waals surface area (Å²) in [6.45, 7) is 15.5. The van der Waals surface area contributed by atoms with E-state index in [9.17, 15) is 9.59 Å². The van der Waals surface area contributed by atoms with Gasteiger partial charge in [-0.2, -0.15) is 0 Å². The Morgan fingerprint density at radius 3 is 2.14 bits per heavy atom. The van der Waals surface area contributed by atoms with Gasteiger partial charge in [-0.1, -0.05) is 47.5 Å². The zero-order valence-corrected chi connectivity index (χ0v) is 19.3. The summed E-state index contributed by atoms with van der Waals surface area (Å²) in [5.41, 5.74) is -0.492. The number of carbonyl (C=O) groups is 2. The van der Waals surface area contributed by atoms with Crippen molar-refractivity contribution >= 4 is 11.9 Å². The highest BCUT2D eigenvalue weighted by Crippen LogP contribution is 2.36. The number of allylic oxidation sites excluding steroid dienone is 1. The van der Waals surface area contributed by atoms with Crippen LogP contribution < -0.4 is 0 Å². The Balaban J connectivity index is 3.18. The van der Waals surface area contributed by atoms with Gasteiger partial charge in [0.05, 0.1) is 30.5 Å². The van der Waals surface area contributed by atoms with E-state index in [4.69, 9.17) is 18.9 Å². The molecule has 29 heavy (non-hydrogen) atoms. The van der Waals surface area contributed by atoms with Crippen LogP contribution in [0.25, 0.3) is 0 Å². The van der Waals surface area contributed by atoms with Crippen LogP contribution in [-0.2, 0) is 28.5 Å². The molecule has 0 spiro atoms. The molecule has 0 N–H and O–H groups in total. The van der Waals surface area contributed by atoms with Gasteiger partial charge in [-0.3, -0.25) is 9.59 Å². The molecule has 0 radical (unpaired) electrons. The Morgan fingerprint density at radius 1 is 1.03 bits per heavy atom. The molecule has 0 saturated carbocycles. The van der Waals surface area contributed by atoms with Gasteiger partial charge in [0.2, 0.25) is 0 Å². The van der Waals surface area contributed by atoms with Crippen LogP contribution in [0.4, 0.5) is 0 Å². The van der Waals surface area contributed by atoms with Gasteiger partial charge in [0.1, 0.15) is 0 Å². The lowest BCUT2D eigenvalue weighted by atomic mass is 10.0. The van der Waals surface area contributed by atoms with Crippen molar-refractivity contribution in [1.82, 2.24) is 0 Å². The van der Waals surface area contributed by atoms with Crippen molar-refractivity contribution in [2.45, 2.75) is 92.5 Å².